The lowest BCUT2D eigenvalue weighted by Crippen LogP contribution is -2.31. The largest absolute Gasteiger partial charge is 0.349 e. The first kappa shape index (κ1) is 12.3. The molecule has 0 saturated heterocycles. The summed E-state index contributed by atoms with van der Waals surface area (Å²) in [6.45, 7) is 10.7. The van der Waals surface area contributed by atoms with Gasteiger partial charge >= 0.3 is 0 Å². The van der Waals surface area contributed by atoms with Gasteiger partial charge in [0.25, 0.3) is 0 Å². The Balaban J connectivity index is 2.56. The van der Waals surface area contributed by atoms with E-state index < -0.39 is 0 Å². The summed E-state index contributed by atoms with van der Waals surface area (Å²) in [7, 11) is 0. The summed E-state index contributed by atoms with van der Waals surface area (Å²) in [4.78, 5) is 4.43. The normalized spacial score (nSPS) is 18.1. The number of amidine groups is 1. The fraction of sp³-hybridized carbons (Fsp3) is 0.308. The highest BCUT2D eigenvalue weighted by Gasteiger charge is 2.00. The van der Waals surface area contributed by atoms with Gasteiger partial charge in [0.05, 0.1) is 6.54 Å². The van der Waals surface area contributed by atoms with E-state index in [1.807, 2.05) is 12.3 Å². The molecule has 3 nitrogen and oxygen atoms in total. The lowest BCUT2D eigenvalue weighted by atomic mass is 10.2. The van der Waals surface area contributed by atoms with E-state index in [1.165, 1.54) is 11.1 Å². The highest BCUT2D eigenvalue weighted by molar-refractivity contribution is 5.94. The van der Waals surface area contributed by atoms with E-state index in [2.05, 4.69) is 55.1 Å². The maximum absolute atomic E-state index is 4.43. The van der Waals surface area contributed by atoms with Crippen molar-refractivity contribution in [1.82, 2.24) is 10.6 Å². The Morgan fingerprint density at radius 1 is 1.38 bits per heavy atom. The van der Waals surface area contributed by atoms with Crippen LogP contribution in [0.15, 0.2) is 53.0 Å². The van der Waals surface area contributed by atoms with Crippen LogP contribution in [0.3, 0.4) is 0 Å². The average Bonchev–Trinajstić information content (AvgIpc) is 2.23. The molecule has 1 rings (SSSR count). The fourth-order valence-corrected chi connectivity index (χ4v) is 1.12. The zero-order chi connectivity index (χ0) is 12.0. The third-order valence-electron chi connectivity index (χ3n) is 1.98. The van der Waals surface area contributed by atoms with Crippen LogP contribution in [0.25, 0.3) is 0 Å². The van der Waals surface area contributed by atoms with Crippen LogP contribution < -0.4 is 10.6 Å². The molecule has 0 amide bonds. The number of nitrogens with zero attached hydrogens (tertiary/aromatic N) is 1. The highest BCUT2D eigenvalue weighted by atomic mass is 15.1. The van der Waals surface area contributed by atoms with Crippen molar-refractivity contribution in [2.24, 2.45) is 4.99 Å². The molecule has 0 spiro atoms. The van der Waals surface area contributed by atoms with Gasteiger partial charge in [-0.25, -0.2) is 0 Å². The summed E-state index contributed by atoms with van der Waals surface area (Å²) in [6, 6.07) is 0. The van der Waals surface area contributed by atoms with Gasteiger partial charge in [-0.1, -0.05) is 29.9 Å². The minimum atomic E-state index is 0.698. The van der Waals surface area contributed by atoms with Gasteiger partial charge in [-0.05, 0) is 26.8 Å². The molecule has 1 heterocycles. The molecule has 0 aromatic rings. The number of allylic oxidation sites excluding steroid dienone is 3. The summed E-state index contributed by atoms with van der Waals surface area (Å²) < 4.78 is 0. The van der Waals surface area contributed by atoms with Crippen LogP contribution >= 0.6 is 0 Å². The van der Waals surface area contributed by atoms with Crippen molar-refractivity contribution in [1.29, 1.82) is 0 Å². The second-order valence-corrected chi connectivity index (χ2v) is 4.04. The standard InChI is InChI=1S/C13H19N3/c1-10(2)5-6-11(3)9-15-13-7-8-14-12(4)16-13/h5-8,14H,4,9H2,1-3H3,(H,15,16)/b11-6+. The number of nitrogens with one attached hydrogen (secondary N) is 2. The molecule has 0 saturated carbocycles. The Labute approximate surface area is 97.3 Å². The number of rotatable bonds is 3. The van der Waals surface area contributed by atoms with Gasteiger partial charge in [0.2, 0.25) is 0 Å². The van der Waals surface area contributed by atoms with E-state index in [4.69, 9.17) is 0 Å². The SMILES string of the molecule is C=C1NC=CC(=NC/C(C)=C/C=C(C)C)N1. The number of aliphatic imine (C=N–C) groups is 1. The van der Waals surface area contributed by atoms with Gasteiger partial charge in [-0.15, -0.1) is 0 Å². The molecule has 3 heteroatoms. The van der Waals surface area contributed by atoms with Crippen molar-refractivity contribution in [3.63, 3.8) is 0 Å². The van der Waals surface area contributed by atoms with Crippen molar-refractivity contribution in [3.05, 3.63) is 48.0 Å². The Morgan fingerprint density at radius 3 is 2.75 bits per heavy atom. The second kappa shape index (κ2) is 5.95. The molecule has 16 heavy (non-hydrogen) atoms. The highest BCUT2D eigenvalue weighted by Crippen LogP contribution is 1.99. The Kier molecular flexibility index (Phi) is 4.58. The molecule has 1 aliphatic rings. The van der Waals surface area contributed by atoms with Crippen molar-refractivity contribution in [3.8, 4) is 0 Å². The van der Waals surface area contributed by atoms with Crippen molar-refractivity contribution in [2.45, 2.75) is 20.8 Å². The first-order valence-electron chi connectivity index (χ1n) is 5.32. The van der Waals surface area contributed by atoms with Gasteiger partial charge in [0.1, 0.15) is 11.7 Å². The van der Waals surface area contributed by atoms with E-state index >= 15 is 0 Å². The molecular formula is C13H19N3. The van der Waals surface area contributed by atoms with Crippen molar-refractivity contribution < 1.29 is 0 Å². The maximum atomic E-state index is 4.43. The molecule has 0 aromatic heterocycles. The first-order valence-corrected chi connectivity index (χ1v) is 5.32. The molecule has 0 fully saturated rings. The van der Waals surface area contributed by atoms with E-state index in [9.17, 15) is 0 Å². The van der Waals surface area contributed by atoms with Crippen LogP contribution in [-0.2, 0) is 0 Å². The van der Waals surface area contributed by atoms with Crippen LogP contribution in [0, 0.1) is 0 Å². The molecule has 2 N–H and O–H groups in total. The zero-order valence-electron chi connectivity index (χ0n) is 10.2. The van der Waals surface area contributed by atoms with Crippen LogP contribution in [0.4, 0.5) is 0 Å². The smallest absolute Gasteiger partial charge is 0.128 e. The summed E-state index contributed by atoms with van der Waals surface area (Å²) in [5.41, 5.74) is 2.52. The van der Waals surface area contributed by atoms with Crippen molar-refractivity contribution in [2.75, 3.05) is 6.54 Å². The summed E-state index contributed by atoms with van der Waals surface area (Å²) >= 11 is 0. The monoisotopic (exact) mass is 217 g/mol. The van der Waals surface area contributed by atoms with Gasteiger partial charge in [-0.2, -0.15) is 0 Å². The maximum Gasteiger partial charge on any atom is 0.128 e. The molecule has 0 bridgehead atoms. The van der Waals surface area contributed by atoms with E-state index in [0.29, 0.717) is 6.54 Å². The quantitative estimate of drug-likeness (QED) is 0.712. The lowest BCUT2D eigenvalue weighted by molar-refractivity contribution is 0.921. The Morgan fingerprint density at radius 2 is 2.12 bits per heavy atom. The third-order valence-corrected chi connectivity index (χ3v) is 1.98. The van der Waals surface area contributed by atoms with Crippen LogP contribution in [0.2, 0.25) is 0 Å². The molecule has 0 atom stereocenters. The molecular weight excluding hydrogens is 198 g/mol. The predicted octanol–water partition coefficient (Wildman–Crippen LogP) is 2.48. The summed E-state index contributed by atoms with van der Waals surface area (Å²) in [6.07, 6.45) is 7.91. The average molecular weight is 217 g/mol. The third kappa shape index (κ3) is 4.64. The van der Waals surface area contributed by atoms with Crippen LogP contribution in [0.1, 0.15) is 20.8 Å². The lowest BCUT2D eigenvalue weighted by Gasteiger charge is -2.14. The first-order chi connectivity index (χ1) is 7.58. The van der Waals surface area contributed by atoms with Crippen LogP contribution in [-0.4, -0.2) is 12.4 Å². The molecule has 0 radical (unpaired) electrons. The predicted molar refractivity (Wildman–Crippen MR) is 70.0 cm³/mol. The molecule has 0 aliphatic carbocycles. The molecule has 86 valence electrons. The summed E-state index contributed by atoms with van der Waals surface area (Å²) in [5, 5.41) is 6.00. The van der Waals surface area contributed by atoms with Crippen molar-refractivity contribution >= 4 is 5.84 Å². The number of hydrogen-bond acceptors (Lipinski definition) is 2. The topological polar surface area (TPSA) is 36.4 Å². The fourth-order valence-electron chi connectivity index (χ4n) is 1.12. The molecule has 0 aromatic carbocycles. The summed E-state index contributed by atoms with van der Waals surface area (Å²) in [5.74, 6) is 1.60. The van der Waals surface area contributed by atoms with Crippen LogP contribution in [0.5, 0.6) is 0 Å². The minimum absolute atomic E-state index is 0.698. The Bertz CT molecular complexity index is 380. The van der Waals surface area contributed by atoms with Gasteiger partial charge < -0.3 is 10.6 Å². The zero-order valence-corrected chi connectivity index (χ0v) is 10.2. The molecule has 0 unspecified atom stereocenters. The van der Waals surface area contributed by atoms with E-state index in [-0.39, 0.29) is 0 Å². The van der Waals surface area contributed by atoms with Gasteiger partial charge in [0, 0.05) is 6.20 Å². The Hall–Kier alpha value is -1.77. The molecule has 1 aliphatic heterocycles. The van der Waals surface area contributed by atoms with Gasteiger partial charge in [-0.3, -0.25) is 4.99 Å². The van der Waals surface area contributed by atoms with E-state index in [0.717, 1.165) is 11.7 Å². The second-order valence-electron chi connectivity index (χ2n) is 4.04. The van der Waals surface area contributed by atoms with E-state index in [1.54, 1.807) is 0 Å². The van der Waals surface area contributed by atoms with Gasteiger partial charge in [0.15, 0.2) is 0 Å². The number of hydrogen-bond donors (Lipinski definition) is 2. The minimum Gasteiger partial charge on any atom is -0.349 e.